The van der Waals surface area contributed by atoms with Crippen molar-refractivity contribution in [3.8, 4) is 0 Å². The highest BCUT2D eigenvalue weighted by Crippen LogP contribution is 2.19. The van der Waals surface area contributed by atoms with Gasteiger partial charge < -0.3 is 9.64 Å². The van der Waals surface area contributed by atoms with Crippen LogP contribution in [0.4, 0.5) is 10.6 Å². The standard InChI is InChI=1S/C20H28N4O2/c1-15-6-4-7-17(10-15)13-24-19(11-16(2)22-24)21-20(25)23-9-5-8-18(12-23)14-26-3/h4,6-7,10-11,18H,5,8-9,12-14H2,1-3H3,(H,21,25). The smallest absolute Gasteiger partial charge is 0.323 e. The lowest BCUT2D eigenvalue weighted by Gasteiger charge is -2.32. The lowest BCUT2D eigenvalue weighted by atomic mass is 9.99. The van der Waals surface area contributed by atoms with Crippen molar-refractivity contribution in [2.45, 2.75) is 33.2 Å². The number of benzene rings is 1. The molecular weight excluding hydrogens is 328 g/mol. The van der Waals surface area contributed by atoms with Crippen molar-refractivity contribution >= 4 is 11.8 Å². The van der Waals surface area contributed by atoms with Crippen LogP contribution in [0.3, 0.4) is 0 Å². The topological polar surface area (TPSA) is 59.4 Å². The summed E-state index contributed by atoms with van der Waals surface area (Å²) in [6, 6.07) is 10.2. The highest BCUT2D eigenvalue weighted by molar-refractivity contribution is 5.88. The average Bonchev–Trinajstić information content (AvgIpc) is 2.94. The minimum absolute atomic E-state index is 0.0591. The molecule has 2 amide bonds. The van der Waals surface area contributed by atoms with Gasteiger partial charge in [-0.25, -0.2) is 9.48 Å². The first-order chi connectivity index (χ1) is 12.5. The quantitative estimate of drug-likeness (QED) is 0.893. The van der Waals surface area contributed by atoms with Gasteiger partial charge in [0.15, 0.2) is 0 Å². The zero-order valence-electron chi connectivity index (χ0n) is 15.9. The molecule has 1 fully saturated rings. The summed E-state index contributed by atoms with van der Waals surface area (Å²) in [4.78, 5) is 14.6. The lowest BCUT2D eigenvalue weighted by Crippen LogP contribution is -2.43. The molecule has 1 aromatic carbocycles. The van der Waals surface area contributed by atoms with Gasteiger partial charge in [0.05, 0.1) is 18.8 Å². The van der Waals surface area contributed by atoms with E-state index in [9.17, 15) is 4.79 Å². The molecule has 0 spiro atoms. The van der Waals surface area contributed by atoms with Crippen LogP contribution in [-0.2, 0) is 11.3 Å². The fraction of sp³-hybridized carbons (Fsp3) is 0.500. The van der Waals surface area contributed by atoms with Crippen molar-refractivity contribution in [2.75, 3.05) is 32.1 Å². The predicted molar refractivity (Wildman–Crippen MR) is 102 cm³/mol. The molecule has 1 aliphatic heterocycles. The Balaban J connectivity index is 1.68. The Kier molecular flexibility index (Phi) is 5.93. The second kappa shape index (κ2) is 8.36. The second-order valence-corrected chi connectivity index (χ2v) is 7.16. The Morgan fingerprint density at radius 1 is 1.35 bits per heavy atom. The van der Waals surface area contributed by atoms with Crippen LogP contribution in [-0.4, -0.2) is 47.5 Å². The molecule has 6 heteroatoms. The molecule has 1 atom stereocenters. The summed E-state index contributed by atoms with van der Waals surface area (Å²) < 4.78 is 7.11. The zero-order chi connectivity index (χ0) is 18.5. The molecule has 2 aromatic rings. The number of amides is 2. The fourth-order valence-corrected chi connectivity index (χ4v) is 3.56. The van der Waals surface area contributed by atoms with E-state index in [0.717, 1.165) is 37.4 Å². The number of piperidine rings is 1. The van der Waals surface area contributed by atoms with Gasteiger partial charge in [0.1, 0.15) is 5.82 Å². The third-order valence-corrected chi connectivity index (χ3v) is 4.76. The van der Waals surface area contributed by atoms with E-state index < -0.39 is 0 Å². The first-order valence-electron chi connectivity index (χ1n) is 9.20. The number of anilines is 1. The number of methoxy groups -OCH3 is 1. The molecule has 3 rings (SSSR count). The Bertz CT molecular complexity index is 754. The minimum Gasteiger partial charge on any atom is -0.384 e. The van der Waals surface area contributed by atoms with E-state index in [4.69, 9.17) is 4.74 Å². The van der Waals surface area contributed by atoms with Crippen molar-refractivity contribution in [1.82, 2.24) is 14.7 Å². The maximum atomic E-state index is 12.7. The van der Waals surface area contributed by atoms with E-state index in [0.29, 0.717) is 19.1 Å². The molecule has 1 unspecified atom stereocenters. The molecule has 140 valence electrons. The average molecular weight is 356 g/mol. The highest BCUT2D eigenvalue weighted by Gasteiger charge is 2.24. The van der Waals surface area contributed by atoms with E-state index >= 15 is 0 Å². The number of likely N-dealkylation sites (tertiary alicyclic amines) is 1. The number of rotatable bonds is 5. The maximum absolute atomic E-state index is 12.7. The SMILES string of the molecule is COCC1CCCN(C(=O)Nc2cc(C)nn2Cc2cccc(C)c2)C1. The summed E-state index contributed by atoms with van der Waals surface area (Å²) in [5.74, 6) is 1.15. The molecule has 1 aromatic heterocycles. The van der Waals surface area contributed by atoms with Crippen molar-refractivity contribution in [3.05, 3.63) is 47.2 Å². The van der Waals surface area contributed by atoms with Gasteiger partial charge in [0.2, 0.25) is 0 Å². The molecule has 0 radical (unpaired) electrons. The van der Waals surface area contributed by atoms with E-state index in [1.54, 1.807) is 7.11 Å². The van der Waals surface area contributed by atoms with Gasteiger partial charge >= 0.3 is 6.03 Å². The molecule has 1 N–H and O–H groups in total. The van der Waals surface area contributed by atoms with E-state index in [1.165, 1.54) is 11.1 Å². The molecule has 2 heterocycles. The second-order valence-electron chi connectivity index (χ2n) is 7.16. The Hall–Kier alpha value is -2.34. The summed E-state index contributed by atoms with van der Waals surface area (Å²) in [5.41, 5.74) is 3.28. The molecule has 0 bridgehead atoms. The summed E-state index contributed by atoms with van der Waals surface area (Å²) >= 11 is 0. The van der Waals surface area contributed by atoms with Crippen molar-refractivity contribution < 1.29 is 9.53 Å². The van der Waals surface area contributed by atoms with Crippen LogP contribution in [0.25, 0.3) is 0 Å². The number of hydrogen-bond acceptors (Lipinski definition) is 3. The van der Waals surface area contributed by atoms with E-state index in [-0.39, 0.29) is 6.03 Å². The summed E-state index contributed by atoms with van der Waals surface area (Å²) in [6.07, 6.45) is 2.13. The molecule has 26 heavy (non-hydrogen) atoms. The van der Waals surface area contributed by atoms with Gasteiger partial charge in [0.25, 0.3) is 0 Å². The van der Waals surface area contributed by atoms with Crippen molar-refractivity contribution in [1.29, 1.82) is 0 Å². The largest absolute Gasteiger partial charge is 0.384 e. The number of aromatic nitrogens is 2. The van der Waals surface area contributed by atoms with Crippen LogP contribution in [0.5, 0.6) is 0 Å². The monoisotopic (exact) mass is 356 g/mol. The first-order valence-corrected chi connectivity index (χ1v) is 9.20. The van der Waals surface area contributed by atoms with Crippen LogP contribution >= 0.6 is 0 Å². The summed E-state index contributed by atoms with van der Waals surface area (Å²) in [5, 5.41) is 7.59. The molecule has 0 aliphatic carbocycles. The van der Waals surface area contributed by atoms with Crippen molar-refractivity contribution in [3.63, 3.8) is 0 Å². The number of urea groups is 1. The number of carbonyl (C=O) groups is 1. The fourth-order valence-electron chi connectivity index (χ4n) is 3.56. The van der Waals surface area contributed by atoms with Crippen LogP contribution in [0.15, 0.2) is 30.3 Å². The number of nitrogens with zero attached hydrogens (tertiary/aromatic N) is 3. The summed E-state index contributed by atoms with van der Waals surface area (Å²) in [7, 11) is 1.71. The molecule has 1 aliphatic rings. The van der Waals surface area contributed by atoms with Crippen molar-refractivity contribution in [2.24, 2.45) is 5.92 Å². The maximum Gasteiger partial charge on any atom is 0.323 e. The number of hydrogen-bond donors (Lipinski definition) is 1. The van der Waals surface area contributed by atoms with Gasteiger partial charge in [0, 0.05) is 32.2 Å². The van der Waals surface area contributed by atoms with Gasteiger partial charge in [-0.05, 0) is 32.3 Å². The van der Waals surface area contributed by atoms with E-state index in [2.05, 4.69) is 35.5 Å². The number of nitrogens with one attached hydrogen (secondary N) is 1. The van der Waals surface area contributed by atoms with Gasteiger partial charge in [-0.3, -0.25) is 5.32 Å². The van der Waals surface area contributed by atoms with Crippen LogP contribution in [0.1, 0.15) is 29.7 Å². The normalized spacial score (nSPS) is 17.3. The Morgan fingerprint density at radius 3 is 2.96 bits per heavy atom. The Morgan fingerprint density at radius 2 is 2.19 bits per heavy atom. The highest BCUT2D eigenvalue weighted by atomic mass is 16.5. The molecule has 0 saturated carbocycles. The minimum atomic E-state index is -0.0591. The number of aryl methyl sites for hydroxylation is 2. The Labute approximate surface area is 155 Å². The van der Waals surface area contributed by atoms with Gasteiger partial charge in [-0.15, -0.1) is 0 Å². The van der Waals surface area contributed by atoms with Gasteiger partial charge in [-0.2, -0.15) is 5.10 Å². The third kappa shape index (κ3) is 4.64. The van der Waals surface area contributed by atoms with Crippen LogP contribution in [0, 0.1) is 19.8 Å². The van der Waals surface area contributed by atoms with E-state index in [1.807, 2.05) is 28.6 Å². The lowest BCUT2D eigenvalue weighted by molar-refractivity contribution is 0.104. The first kappa shape index (κ1) is 18.5. The van der Waals surface area contributed by atoms with Crippen LogP contribution in [0.2, 0.25) is 0 Å². The van der Waals surface area contributed by atoms with Gasteiger partial charge in [-0.1, -0.05) is 29.8 Å². The number of ether oxygens (including phenoxy) is 1. The molecular formula is C20H28N4O2. The molecule has 6 nitrogen and oxygen atoms in total. The third-order valence-electron chi connectivity index (χ3n) is 4.76. The zero-order valence-corrected chi connectivity index (χ0v) is 15.9. The predicted octanol–water partition coefficient (Wildman–Crippen LogP) is 3.44. The molecule has 1 saturated heterocycles. The summed E-state index contributed by atoms with van der Waals surface area (Å²) in [6.45, 7) is 6.89. The van der Waals surface area contributed by atoms with Crippen LogP contribution < -0.4 is 5.32 Å². The number of carbonyl (C=O) groups excluding carboxylic acids is 1.